The van der Waals surface area contributed by atoms with Gasteiger partial charge in [0, 0.05) is 5.39 Å². The van der Waals surface area contributed by atoms with Gasteiger partial charge in [-0.15, -0.1) is 0 Å². The molecule has 18 heavy (non-hydrogen) atoms. The number of hydrogen-bond donors (Lipinski definition) is 0. The van der Waals surface area contributed by atoms with Gasteiger partial charge in [0.05, 0.1) is 0 Å². The molecule has 0 nitrogen and oxygen atoms in total. The van der Waals surface area contributed by atoms with Gasteiger partial charge in [0.2, 0.25) is 0 Å². The van der Waals surface area contributed by atoms with Crippen molar-refractivity contribution >= 4 is 16.3 Å². The van der Waals surface area contributed by atoms with Gasteiger partial charge in [-0.3, -0.25) is 0 Å². The van der Waals surface area contributed by atoms with Crippen molar-refractivity contribution in [3.63, 3.8) is 0 Å². The molecular weight excluding hydrogens is 223 g/mol. The minimum atomic E-state index is -0.146. The third kappa shape index (κ3) is 1.76. The fraction of sp³-hybridized carbons (Fsp3) is 0.176. The van der Waals surface area contributed by atoms with Crippen molar-refractivity contribution < 1.29 is 4.39 Å². The van der Waals surface area contributed by atoms with E-state index in [1.807, 2.05) is 30.3 Å². The molecule has 2 aromatic rings. The van der Waals surface area contributed by atoms with E-state index in [1.165, 1.54) is 11.1 Å². The number of halogens is 1. The molecule has 3 rings (SSSR count). The molecule has 0 saturated heterocycles. The van der Waals surface area contributed by atoms with Crippen molar-refractivity contribution in [2.75, 3.05) is 0 Å². The van der Waals surface area contributed by atoms with Crippen LogP contribution in [0.2, 0.25) is 0 Å². The maximum atomic E-state index is 13.8. The van der Waals surface area contributed by atoms with Crippen LogP contribution in [0.4, 0.5) is 4.39 Å². The van der Waals surface area contributed by atoms with Crippen molar-refractivity contribution in [3.05, 3.63) is 65.5 Å². The Bertz CT molecular complexity index is 662. The molecule has 0 aromatic heterocycles. The van der Waals surface area contributed by atoms with E-state index in [-0.39, 0.29) is 5.82 Å². The number of hydrogen-bond acceptors (Lipinski definition) is 0. The van der Waals surface area contributed by atoms with Crippen molar-refractivity contribution in [1.82, 2.24) is 0 Å². The fourth-order valence-corrected chi connectivity index (χ4v) is 2.53. The van der Waals surface area contributed by atoms with E-state index >= 15 is 0 Å². The Balaban J connectivity index is 2.20. The maximum Gasteiger partial charge on any atom is 0.131 e. The van der Waals surface area contributed by atoms with Crippen LogP contribution in [-0.4, -0.2) is 0 Å². The zero-order valence-corrected chi connectivity index (χ0v) is 10.4. The summed E-state index contributed by atoms with van der Waals surface area (Å²) in [7, 11) is 0. The molecule has 0 radical (unpaired) electrons. The van der Waals surface area contributed by atoms with Gasteiger partial charge < -0.3 is 0 Å². The molecule has 0 bridgehead atoms. The summed E-state index contributed by atoms with van der Waals surface area (Å²) in [6, 6.07) is 11.1. The number of rotatable bonds is 2. The van der Waals surface area contributed by atoms with Crippen LogP contribution < -0.4 is 0 Å². The number of benzene rings is 2. The molecule has 0 heterocycles. The summed E-state index contributed by atoms with van der Waals surface area (Å²) >= 11 is 0. The van der Waals surface area contributed by atoms with E-state index in [9.17, 15) is 4.39 Å². The predicted molar refractivity (Wildman–Crippen MR) is 74.9 cm³/mol. The van der Waals surface area contributed by atoms with Gasteiger partial charge in [-0.25, -0.2) is 4.39 Å². The Hall–Kier alpha value is -1.89. The van der Waals surface area contributed by atoms with Crippen LogP contribution in [-0.2, 0) is 0 Å². The lowest BCUT2D eigenvalue weighted by Gasteiger charge is -2.07. The minimum absolute atomic E-state index is 0.146. The van der Waals surface area contributed by atoms with Crippen LogP contribution >= 0.6 is 0 Å². The Morgan fingerprint density at radius 3 is 2.56 bits per heavy atom. The molecule has 0 aliphatic heterocycles. The fourth-order valence-electron chi connectivity index (χ4n) is 2.53. The first-order valence-corrected chi connectivity index (χ1v) is 6.37. The molecule has 1 heteroatoms. The Kier molecular flexibility index (Phi) is 2.75. The highest BCUT2D eigenvalue weighted by atomic mass is 19.1. The molecule has 0 atom stereocenters. The monoisotopic (exact) mass is 238 g/mol. The molecule has 0 amide bonds. The Labute approximate surface area is 106 Å². The molecule has 90 valence electrons. The van der Waals surface area contributed by atoms with Gasteiger partial charge in [0.1, 0.15) is 5.82 Å². The topological polar surface area (TPSA) is 0 Å². The van der Waals surface area contributed by atoms with Crippen molar-refractivity contribution in [3.8, 4) is 0 Å². The molecular formula is C17H15F. The number of allylic oxidation sites excluding steroid dienone is 4. The maximum absolute atomic E-state index is 13.8. The van der Waals surface area contributed by atoms with Crippen LogP contribution in [0.25, 0.3) is 16.3 Å². The van der Waals surface area contributed by atoms with E-state index < -0.39 is 0 Å². The zero-order valence-electron chi connectivity index (χ0n) is 10.4. The summed E-state index contributed by atoms with van der Waals surface area (Å²) in [5.41, 5.74) is 3.80. The minimum Gasteiger partial charge on any atom is -0.206 e. The normalized spacial score (nSPS) is 14.8. The van der Waals surface area contributed by atoms with E-state index in [4.69, 9.17) is 0 Å². The molecule has 1 aliphatic carbocycles. The summed E-state index contributed by atoms with van der Waals surface area (Å²) < 4.78 is 13.8. The largest absolute Gasteiger partial charge is 0.206 e. The molecule has 0 saturated carbocycles. The van der Waals surface area contributed by atoms with E-state index in [0.29, 0.717) is 5.39 Å². The van der Waals surface area contributed by atoms with E-state index in [0.717, 1.165) is 23.8 Å². The van der Waals surface area contributed by atoms with E-state index in [1.54, 1.807) is 6.07 Å². The van der Waals surface area contributed by atoms with Gasteiger partial charge in [0.15, 0.2) is 0 Å². The second-order valence-corrected chi connectivity index (χ2v) is 4.66. The van der Waals surface area contributed by atoms with Crippen LogP contribution in [0.3, 0.4) is 0 Å². The second kappa shape index (κ2) is 4.41. The third-order valence-corrected chi connectivity index (χ3v) is 3.58. The zero-order chi connectivity index (χ0) is 12.5. The second-order valence-electron chi connectivity index (χ2n) is 4.66. The first-order chi connectivity index (χ1) is 8.79. The van der Waals surface area contributed by atoms with Gasteiger partial charge in [-0.05, 0) is 35.4 Å². The molecule has 2 aromatic carbocycles. The molecule has 1 aliphatic rings. The van der Waals surface area contributed by atoms with Gasteiger partial charge in [-0.1, -0.05) is 55.0 Å². The van der Waals surface area contributed by atoms with Crippen LogP contribution in [0.1, 0.15) is 25.3 Å². The highest BCUT2D eigenvalue weighted by Crippen LogP contribution is 2.33. The summed E-state index contributed by atoms with van der Waals surface area (Å²) in [6.45, 7) is 2.17. The first kappa shape index (κ1) is 11.2. The average Bonchev–Trinajstić information content (AvgIpc) is 2.88. The summed E-state index contributed by atoms with van der Waals surface area (Å²) in [4.78, 5) is 0. The van der Waals surface area contributed by atoms with Crippen LogP contribution in [0, 0.1) is 5.82 Å². The smallest absolute Gasteiger partial charge is 0.131 e. The number of fused-ring (bicyclic) bond motifs is 1. The summed E-state index contributed by atoms with van der Waals surface area (Å²) in [5.74, 6) is -0.146. The van der Waals surface area contributed by atoms with E-state index in [2.05, 4.69) is 19.1 Å². The lowest BCUT2D eigenvalue weighted by molar-refractivity contribution is 0.640. The van der Waals surface area contributed by atoms with Crippen molar-refractivity contribution in [2.24, 2.45) is 0 Å². The molecule has 0 spiro atoms. The lowest BCUT2D eigenvalue weighted by Crippen LogP contribution is -1.86. The Morgan fingerprint density at radius 1 is 1.06 bits per heavy atom. The van der Waals surface area contributed by atoms with Crippen LogP contribution in [0.15, 0.2) is 54.1 Å². The molecule has 0 unspecified atom stereocenters. The summed E-state index contributed by atoms with van der Waals surface area (Å²) in [5, 5.41) is 1.70. The SMILES string of the molecule is CCC1=CC(c2ccc(F)c3ccccc23)=CC1. The molecule has 0 fully saturated rings. The quantitative estimate of drug-likeness (QED) is 0.682. The highest BCUT2D eigenvalue weighted by molar-refractivity contribution is 5.97. The lowest BCUT2D eigenvalue weighted by atomic mass is 9.98. The highest BCUT2D eigenvalue weighted by Gasteiger charge is 2.11. The van der Waals surface area contributed by atoms with Crippen LogP contribution in [0.5, 0.6) is 0 Å². The Morgan fingerprint density at radius 2 is 1.83 bits per heavy atom. The predicted octanol–water partition coefficient (Wildman–Crippen LogP) is 5.10. The van der Waals surface area contributed by atoms with Gasteiger partial charge in [0.25, 0.3) is 0 Å². The summed E-state index contributed by atoms with van der Waals surface area (Å²) in [6.07, 6.45) is 6.58. The standard InChI is InChI=1S/C17H15F/c1-2-12-7-8-13(11-12)14-9-10-17(18)16-6-4-3-5-15(14)16/h3-6,8-11H,2,7H2,1H3. The first-order valence-electron chi connectivity index (χ1n) is 6.37. The van der Waals surface area contributed by atoms with Crippen molar-refractivity contribution in [2.45, 2.75) is 19.8 Å². The molecule has 0 N–H and O–H groups in total. The van der Waals surface area contributed by atoms with Gasteiger partial charge in [-0.2, -0.15) is 0 Å². The van der Waals surface area contributed by atoms with Gasteiger partial charge >= 0.3 is 0 Å². The third-order valence-electron chi connectivity index (χ3n) is 3.58. The average molecular weight is 238 g/mol. The van der Waals surface area contributed by atoms with Crippen molar-refractivity contribution in [1.29, 1.82) is 0 Å².